The van der Waals surface area contributed by atoms with Gasteiger partial charge in [-0.05, 0) is 42.7 Å². The van der Waals surface area contributed by atoms with Crippen LogP contribution in [0.2, 0.25) is 0 Å². The van der Waals surface area contributed by atoms with E-state index in [9.17, 15) is 18.0 Å². The summed E-state index contributed by atoms with van der Waals surface area (Å²) in [5, 5.41) is 7.36. The van der Waals surface area contributed by atoms with Crippen LogP contribution in [0, 0.1) is 0 Å². The molecule has 0 saturated carbocycles. The average Bonchev–Trinajstić information content (AvgIpc) is 2.80. The van der Waals surface area contributed by atoms with Gasteiger partial charge in [0.05, 0.1) is 16.6 Å². The number of hydrogen-bond donors (Lipinski definition) is 1. The average molecular weight is 441 g/mol. The standard InChI is InChI=1S/C22H24N4O4S/c27-21-15-24-26(20-10-3-2-9-19(20)21)16-22(28)23-14-17-7-6-8-18(13-17)31(29,30)25-11-4-1-5-12-25/h2-3,6-10,13,15H,1,4-5,11-12,14,16H2,(H,23,28). The first-order valence-electron chi connectivity index (χ1n) is 10.3. The number of hydrogen-bond acceptors (Lipinski definition) is 5. The SMILES string of the molecule is O=C(Cn1ncc(=O)c2ccccc21)NCc1cccc(S(=O)(=O)N2CCCCC2)c1. The van der Waals surface area contributed by atoms with E-state index in [1.54, 1.807) is 48.5 Å². The summed E-state index contributed by atoms with van der Waals surface area (Å²) < 4.78 is 28.7. The number of fused-ring (bicyclic) bond motifs is 1. The molecule has 0 atom stereocenters. The van der Waals surface area contributed by atoms with Crippen LogP contribution >= 0.6 is 0 Å². The summed E-state index contributed by atoms with van der Waals surface area (Å²) in [5.74, 6) is -0.286. The third-order valence-corrected chi connectivity index (χ3v) is 7.29. The summed E-state index contributed by atoms with van der Waals surface area (Å²) in [5.41, 5.74) is 1.09. The van der Waals surface area contributed by atoms with E-state index in [0.717, 1.165) is 19.3 Å². The number of carbonyl (C=O) groups excluding carboxylic acids is 1. The largest absolute Gasteiger partial charge is 0.350 e. The first-order chi connectivity index (χ1) is 14.9. The Bertz CT molecular complexity index is 1260. The highest BCUT2D eigenvalue weighted by molar-refractivity contribution is 7.89. The number of sulfonamides is 1. The number of para-hydroxylation sites is 1. The predicted molar refractivity (Wildman–Crippen MR) is 117 cm³/mol. The van der Waals surface area contributed by atoms with Crippen LogP contribution in [-0.4, -0.2) is 41.5 Å². The molecule has 1 aliphatic rings. The van der Waals surface area contributed by atoms with E-state index in [4.69, 9.17) is 0 Å². The number of piperidine rings is 1. The minimum absolute atomic E-state index is 0.0490. The highest BCUT2D eigenvalue weighted by Crippen LogP contribution is 2.21. The molecule has 162 valence electrons. The lowest BCUT2D eigenvalue weighted by molar-refractivity contribution is -0.121. The molecule has 2 heterocycles. The summed E-state index contributed by atoms with van der Waals surface area (Å²) in [6.07, 6.45) is 4.01. The number of nitrogens with one attached hydrogen (secondary N) is 1. The minimum atomic E-state index is -3.52. The molecule has 1 aromatic heterocycles. The molecule has 4 rings (SSSR count). The van der Waals surface area contributed by atoms with Crippen LogP contribution in [-0.2, 0) is 27.9 Å². The zero-order valence-corrected chi connectivity index (χ0v) is 17.8. The van der Waals surface area contributed by atoms with Crippen molar-refractivity contribution in [2.75, 3.05) is 13.1 Å². The molecule has 1 fully saturated rings. The Labute approximate surface area is 180 Å². The number of nitrogens with zero attached hydrogens (tertiary/aromatic N) is 3. The lowest BCUT2D eigenvalue weighted by Crippen LogP contribution is -2.35. The highest BCUT2D eigenvalue weighted by atomic mass is 32.2. The van der Waals surface area contributed by atoms with Crippen molar-refractivity contribution in [3.63, 3.8) is 0 Å². The predicted octanol–water partition coefficient (Wildman–Crippen LogP) is 1.89. The third-order valence-electron chi connectivity index (χ3n) is 5.40. The zero-order valence-electron chi connectivity index (χ0n) is 17.0. The fraction of sp³-hybridized carbons (Fsp3) is 0.318. The van der Waals surface area contributed by atoms with Gasteiger partial charge in [0, 0.05) is 25.0 Å². The molecule has 8 nitrogen and oxygen atoms in total. The molecule has 0 spiro atoms. The van der Waals surface area contributed by atoms with Gasteiger partial charge in [-0.3, -0.25) is 14.3 Å². The van der Waals surface area contributed by atoms with Crippen molar-refractivity contribution >= 4 is 26.8 Å². The van der Waals surface area contributed by atoms with Crippen molar-refractivity contribution in [3.8, 4) is 0 Å². The molecule has 0 aliphatic carbocycles. The molecular formula is C22H24N4O4S. The van der Waals surface area contributed by atoms with Gasteiger partial charge in [0.2, 0.25) is 21.4 Å². The maximum absolute atomic E-state index is 12.9. The van der Waals surface area contributed by atoms with E-state index < -0.39 is 10.0 Å². The Morgan fingerprint density at radius 3 is 2.61 bits per heavy atom. The lowest BCUT2D eigenvalue weighted by atomic mass is 10.2. The van der Waals surface area contributed by atoms with Crippen LogP contribution in [0.4, 0.5) is 0 Å². The first kappa shape index (κ1) is 21.2. The van der Waals surface area contributed by atoms with Crippen LogP contribution in [0.5, 0.6) is 0 Å². The Morgan fingerprint density at radius 2 is 1.81 bits per heavy atom. The van der Waals surface area contributed by atoms with Gasteiger partial charge in [0.1, 0.15) is 6.54 Å². The molecule has 1 N–H and O–H groups in total. The van der Waals surface area contributed by atoms with Crippen molar-refractivity contribution in [2.24, 2.45) is 0 Å². The van der Waals surface area contributed by atoms with Crippen molar-refractivity contribution in [2.45, 2.75) is 37.2 Å². The van der Waals surface area contributed by atoms with E-state index in [2.05, 4.69) is 10.4 Å². The van der Waals surface area contributed by atoms with E-state index in [-0.39, 0.29) is 29.3 Å². The van der Waals surface area contributed by atoms with Gasteiger partial charge in [-0.25, -0.2) is 8.42 Å². The molecule has 1 aliphatic heterocycles. The van der Waals surface area contributed by atoms with Crippen LogP contribution < -0.4 is 10.7 Å². The fourth-order valence-corrected chi connectivity index (χ4v) is 5.34. The van der Waals surface area contributed by atoms with Gasteiger partial charge >= 0.3 is 0 Å². The summed E-state index contributed by atoms with van der Waals surface area (Å²) in [7, 11) is -3.52. The van der Waals surface area contributed by atoms with Crippen molar-refractivity contribution in [1.82, 2.24) is 19.4 Å². The van der Waals surface area contributed by atoms with Gasteiger partial charge in [-0.2, -0.15) is 9.40 Å². The van der Waals surface area contributed by atoms with Crippen LogP contribution in [0.1, 0.15) is 24.8 Å². The molecule has 3 aromatic rings. The Hall–Kier alpha value is -3.04. The maximum Gasteiger partial charge on any atom is 0.243 e. The van der Waals surface area contributed by atoms with Gasteiger partial charge in [-0.1, -0.05) is 30.7 Å². The van der Waals surface area contributed by atoms with Crippen molar-refractivity contribution in [3.05, 3.63) is 70.5 Å². The van der Waals surface area contributed by atoms with Gasteiger partial charge in [0.25, 0.3) is 0 Å². The monoisotopic (exact) mass is 440 g/mol. The number of amides is 1. The van der Waals surface area contributed by atoms with Crippen molar-refractivity contribution < 1.29 is 13.2 Å². The number of rotatable bonds is 6. The number of benzene rings is 2. The Balaban J connectivity index is 1.44. The number of carbonyl (C=O) groups is 1. The van der Waals surface area contributed by atoms with E-state index in [1.165, 1.54) is 15.2 Å². The first-order valence-corrected chi connectivity index (χ1v) is 11.7. The van der Waals surface area contributed by atoms with Crippen LogP contribution in [0.25, 0.3) is 10.9 Å². The molecule has 1 saturated heterocycles. The quantitative estimate of drug-likeness (QED) is 0.631. The Morgan fingerprint density at radius 1 is 1.03 bits per heavy atom. The number of aromatic nitrogens is 2. The Kier molecular flexibility index (Phi) is 6.15. The highest BCUT2D eigenvalue weighted by Gasteiger charge is 2.25. The second kappa shape index (κ2) is 8.99. The summed E-state index contributed by atoms with van der Waals surface area (Å²) >= 11 is 0. The molecule has 1 amide bonds. The lowest BCUT2D eigenvalue weighted by Gasteiger charge is -2.26. The molecule has 0 unspecified atom stereocenters. The summed E-state index contributed by atoms with van der Waals surface area (Å²) in [4.78, 5) is 24.6. The normalized spacial score (nSPS) is 15.1. The van der Waals surface area contributed by atoms with Gasteiger partial charge in [0.15, 0.2) is 0 Å². The summed E-state index contributed by atoms with van der Waals surface area (Å²) in [6, 6.07) is 13.7. The molecule has 31 heavy (non-hydrogen) atoms. The molecule has 2 aromatic carbocycles. The van der Waals surface area contributed by atoms with Crippen LogP contribution in [0.3, 0.4) is 0 Å². The molecule has 9 heteroatoms. The van der Waals surface area contributed by atoms with Gasteiger partial charge < -0.3 is 5.32 Å². The van der Waals surface area contributed by atoms with Crippen LogP contribution in [0.15, 0.2) is 64.4 Å². The van der Waals surface area contributed by atoms with E-state index in [0.29, 0.717) is 29.6 Å². The third kappa shape index (κ3) is 4.67. The smallest absolute Gasteiger partial charge is 0.243 e. The second-order valence-corrected chi connectivity index (χ2v) is 9.51. The maximum atomic E-state index is 12.9. The second-order valence-electron chi connectivity index (χ2n) is 7.57. The minimum Gasteiger partial charge on any atom is -0.350 e. The molecular weight excluding hydrogens is 416 g/mol. The van der Waals surface area contributed by atoms with E-state index >= 15 is 0 Å². The summed E-state index contributed by atoms with van der Waals surface area (Å²) in [6.45, 7) is 1.24. The van der Waals surface area contributed by atoms with E-state index in [1.807, 2.05) is 0 Å². The molecule has 0 bridgehead atoms. The van der Waals surface area contributed by atoms with Crippen molar-refractivity contribution in [1.29, 1.82) is 0 Å². The van der Waals surface area contributed by atoms with Gasteiger partial charge in [-0.15, -0.1) is 0 Å². The molecule has 0 radical (unpaired) electrons. The fourth-order valence-electron chi connectivity index (χ4n) is 3.75. The zero-order chi connectivity index (χ0) is 21.8. The topological polar surface area (TPSA) is 101 Å².